The van der Waals surface area contributed by atoms with Crippen LogP contribution in [0.5, 0.6) is 0 Å². The zero-order chi connectivity index (χ0) is 24.5. The molecule has 0 bridgehead atoms. The highest BCUT2D eigenvalue weighted by Crippen LogP contribution is 2.26. The predicted octanol–water partition coefficient (Wildman–Crippen LogP) is 3.88. The molecule has 180 valence electrons. The number of nitrogens with zero attached hydrogens (tertiary/aromatic N) is 3. The van der Waals surface area contributed by atoms with Crippen molar-refractivity contribution in [2.75, 3.05) is 50.1 Å². The summed E-state index contributed by atoms with van der Waals surface area (Å²) < 4.78 is 4.71. The summed E-state index contributed by atoms with van der Waals surface area (Å²) in [6.07, 6.45) is 7.93. The third-order valence-corrected chi connectivity index (χ3v) is 6.10. The van der Waals surface area contributed by atoms with Gasteiger partial charge in [-0.05, 0) is 60.0 Å². The van der Waals surface area contributed by atoms with E-state index in [4.69, 9.17) is 4.74 Å². The lowest BCUT2D eigenvalue weighted by Gasteiger charge is -2.37. The fourth-order valence-electron chi connectivity index (χ4n) is 4.10. The largest absolute Gasteiger partial charge is 0.465 e. The molecule has 0 atom stereocenters. The average molecular weight is 471 g/mol. The second-order valence-corrected chi connectivity index (χ2v) is 8.39. The van der Waals surface area contributed by atoms with E-state index in [1.807, 2.05) is 30.6 Å². The Morgan fingerprint density at radius 3 is 2.40 bits per heavy atom. The van der Waals surface area contributed by atoms with Crippen LogP contribution in [0.2, 0.25) is 0 Å². The number of benzene rings is 2. The van der Waals surface area contributed by atoms with Crippen LogP contribution in [0.1, 0.15) is 21.5 Å². The van der Waals surface area contributed by atoms with Crippen LogP contribution in [0.3, 0.4) is 0 Å². The van der Waals surface area contributed by atoms with Crippen molar-refractivity contribution in [3.8, 4) is 0 Å². The van der Waals surface area contributed by atoms with Crippen LogP contribution in [0.15, 0.2) is 79.1 Å². The predicted molar refractivity (Wildman–Crippen MR) is 138 cm³/mol. The molecule has 2 aromatic carbocycles. The first-order valence-electron chi connectivity index (χ1n) is 11.7. The van der Waals surface area contributed by atoms with Crippen molar-refractivity contribution in [1.29, 1.82) is 0 Å². The van der Waals surface area contributed by atoms with Crippen LogP contribution < -0.4 is 10.2 Å². The van der Waals surface area contributed by atoms with Gasteiger partial charge in [0.25, 0.3) is 0 Å². The highest BCUT2D eigenvalue weighted by Gasteiger charge is 2.19. The second kappa shape index (κ2) is 11.9. The van der Waals surface area contributed by atoms with Gasteiger partial charge in [-0.1, -0.05) is 24.3 Å². The molecule has 1 aliphatic rings. The number of hydrogen-bond donors (Lipinski definition) is 1. The first-order chi connectivity index (χ1) is 17.1. The Labute approximate surface area is 206 Å². The minimum Gasteiger partial charge on any atom is -0.465 e. The summed E-state index contributed by atoms with van der Waals surface area (Å²) in [5, 5.41) is 3.01. The van der Waals surface area contributed by atoms with E-state index in [2.05, 4.69) is 38.3 Å². The van der Waals surface area contributed by atoms with Crippen molar-refractivity contribution in [1.82, 2.24) is 9.88 Å². The van der Waals surface area contributed by atoms with E-state index in [9.17, 15) is 9.59 Å². The van der Waals surface area contributed by atoms with E-state index >= 15 is 0 Å². The van der Waals surface area contributed by atoms with Gasteiger partial charge in [-0.15, -0.1) is 0 Å². The number of methoxy groups -OCH3 is 1. The minimum absolute atomic E-state index is 0.203. The van der Waals surface area contributed by atoms with Crippen LogP contribution in [0.4, 0.5) is 11.4 Å². The molecule has 1 saturated heterocycles. The smallest absolute Gasteiger partial charge is 0.337 e. The number of pyridine rings is 1. The van der Waals surface area contributed by atoms with Crippen LogP contribution in [-0.2, 0) is 16.0 Å². The molecule has 0 unspecified atom stereocenters. The maximum absolute atomic E-state index is 12.6. The number of aromatic nitrogens is 1. The zero-order valence-corrected chi connectivity index (χ0v) is 19.9. The molecule has 0 spiro atoms. The van der Waals surface area contributed by atoms with Crippen molar-refractivity contribution >= 4 is 29.3 Å². The molecular formula is C28H30N4O3. The Morgan fingerprint density at radius 1 is 0.971 bits per heavy atom. The van der Waals surface area contributed by atoms with Crippen molar-refractivity contribution < 1.29 is 14.3 Å². The standard InChI is InChI=1S/C28H30N4O3/c1-35-28(34)24-9-6-22(7-10-24)8-11-27(33)30-25-4-2-3-5-26(25)32-20-18-31(19-21-32)17-14-23-12-15-29-16-13-23/h2-13,15-16H,14,17-21H2,1H3,(H,30,33). The van der Waals surface area contributed by atoms with Gasteiger partial charge in [0, 0.05) is 51.2 Å². The maximum atomic E-state index is 12.6. The van der Waals surface area contributed by atoms with Gasteiger partial charge in [-0.3, -0.25) is 14.7 Å². The molecule has 2 heterocycles. The number of nitrogens with one attached hydrogen (secondary N) is 1. The molecule has 3 aromatic rings. The Balaban J connectivity index is 1.31. The highest BCUT2D eigenvalue weighted by atomic mass is 16.5. The molecule has 1 aliphatic heterocycles. The molecular weight excluding hydrogens is 440 g/mol. The molecule has 1 amide bonds. The lowest BCUT2D eigenvalue weighted by Crippen LogP contribution is -2.47. The van der Waals surface area contributed by atoms with Gasteiger partial charge in [-0.25, -0.2) is 4.79 Å². The van der Waals surface area contributed by atoms with Crippen LogP contribution >= 0.6 is 0 Å². The van der Waals surface area contributed by atoms with Gasteiger partial charge < -0.3 is 15.0 Å². The molecule has 7 nitrogen and oxygen atoms in total. The van der Waals surface area contributed by atoms with Gasteiger partial charge in [0.2, 0.25) is 5.91 Å². The lowest BCUT2D eigenvalue weighted by atomic mass is 10.1. The summed E-state index contributed by atoms with van der Waals surface area (Å²) >= 11 is 0. The third-order valence-electron chi connectivity index (χ3n) is 6.10. The maximum Gasteiger partial charge on any atom is 0.337 e. The lowest BCUT2D eigenvalue weighted by molar-refractivity contribution is -0.111. The van der Waals surface area contributed by atoms with Gasteiger partial charge >= 0.3 is 5.97 Å². The average Bonchev–Trinajstić information content (AvgIpc) is 2.92. The Morgan fingerprint density at radius 2 is 1.69 bits per heavy atom. The molecule has 0 radical (unpaired) electrons. The summed E-state index contributed by atoms with van der Waals surface area (Å²) in [4.78, 5) is 33.1. The fourth-order valence-corrected chi connectivity index (χ4v) is 4.10. The molecule has 1 aromatic heterocycles. The number of anilines is 2. The van der Waals surface area contributed by atoms with Gasteiger partial charge in [-0.2, -0.15) is 0 Å². The third kappa shape index (κ3) is 6.77. The summed E-state index contributed by atoms with van der Waals surface area (Å²) in [6, 6.07) is 19.0. The van der Waals surface area contributed by atoms with E-state index in [0.29, 0.717) is 5.56 Å². The number of para-hydroxylation sites is 2. The fraction of sp³-hybridized carbons (Fsp3) is 0.250. The summed E-state index contributed by atoms with van der Waals surface area (Å²) in [5.74, 6) is -0.588. The van der Waals surface area contributed by atoms with E-state index in [-0.39, 0.29) is 11.9 Å². The molecule has 4 rings (SSSR count). The number of esters is 1. The van der Waals surface area contributed by atoms with E-state index in [1.54, 1.807) is 30.3 Å². The van der Waals surface area contributed by atoms with E-state index < -0.39 is 0 Å². The SMILES string of the molecule is COC(=O)c1ccc(C=CC(=O)Nc2ccccc2N2CCN(CCc3ccncc3)CC2)cc1. The number of carbonyl (C=O) groups is 2. The van der Waals surface area contributed by atoms with Crippen molar-refractivity contribution in [2.24, 2.45) is 0 Å². The Bertz CT molecular complexity index is 1150. The first kappa shape index (κ1) is 24.2. The Hall–Kier alpha value is -3.97. The normalized spacial score (nSPS) is 14.1. The minimum atomic E-state index is -0.385. The van der Waals surface area contributed by atoms with E-state index in [1.165, 1.54) is 18.7 Å². The summed E-state index contributed by atoms with van der Waals surface area (Å²) in [7, 11) is 1.35. The monoisotopic (exact) mass is 470 g/mol. The molecule has 0 saturated carbocycles. The number of amides is 1. The number of ether oxygens (including phenoxy) is 1. The Kier molecular flexibility index (Phi) is 8.25. The van der Waals surface area contributed by atoms with Crippen molar-refractivity contribution in [3.05, 3.63) is 95.8 Å². The quantitative estimate of drug-likeness (QED) is 0.398. The number of carbonyl (C=O) groups excluding carboxylic acids is 2. The van der Waals surface area contributed by atoms with Gasteiger partial charge in [0.05, 0.1) is 24.0 Å². The summed E-state index contributed by atoms with van der Waals surface area (Å²) in [5.41, 5.74) is 4.44. The molecule has 1 N–H and O–H groups in total. The van der Waals surface area contributed by atoms with Gasteiger partial charge in [0.15, 0.2) is 0 Å². The second-order valence-electron chi connectivity index (χ2n) is 8.39. The number of hydrogen-bond acceptors (Lipinski definition) is 6. The van der Waals surface area contributed by atoms with Crippen LogP contribution in [0, 0.1) is 0 Å². The highest BCUT2D eigenvalue weighted by molar-refractivity contribution is 6.03. The topological polar surface area (TPSA) is 74.8 Å². The first-order valence-corrected chi connectivity index (χ1v) is 11.7. The number of piperazine rings is 1. The van der Waals surface area contributed by atoms with Crippen LogP contribution in [-0.4, -0.2) is 61.6 Å². The molecule has 0 aliphatic carbocycles. The molecule has 1 fully saturated rings. The van der Waals surface area contributed by atoms with E-state index in [0.717, 1.165) is 56.1 Å². The van der Waals surface area contributed by atoms with Crippen molar-refractivity contribution in [3.63, 3.8) is 0 Å². The van der Waals surface area contributed by atoms with Crippen LogP contribution in [0.25, 0.3) is 6.08 Å². The molecule has 35 heavy (non-hydrogen) atoms. The van der Waals surface area contributed by atoms with Gasteiger partial charge in [0.1, 0.15) is 0 Å². The van der Waals surface area contributed by atoms with Crippen molar-refractivity contribution in [2.45, 2.75) is 6.42 Å². The number of rotatable bonds is 8. The molecule has 7 heteroatoms. The zero-order valence-electron chi connectivity index (χ0n) is 19.9. The summed E-state index contributed by atoms with van der Waals surface area (Å²) in [6.45, 7) is 4.81.